The van der Waals surface area contributed by atoms with Crippen LogP contribution in [0, 0.1) is 20.8 Å². The van der Waals surface area contributed by atoms with Crippen LogP contribution in [0.3, 0.4) is 0 Å². The van der Waals surface area contributed by atoms with Crippen molar-refractivity contribution in [2.24, 2.45) is 0 Å². The fourth-order valence-electron chi connectivity index (χ4n) is 2.10. The molecule has 0 aliphatic carbocycles. The lowest BCUT2D eigenvalue weighted by Gasteiger charge is -2.03. The van der Waals surface area contributed by atoms with E-state index >= 15 is 0 Å². The molecule has 0 unspecified atom stereocenters. The summed E-state index contributed by atoms with van der Waals surface area (Å²) in [5, 5.41) is 5.23. The number of aryl methyl sites for hydroxylation is 3. The smallest absolute Gasteiger partial charge is 0.153 e. The minimum Gasteiger partial charge on any atom is -0.383 e. The van der Waals surface area contributed by atoms with Gasteiger partial charge in [0.25, 0.3) is 0 Å². The van der Waals surface area contributed by atoms with E-state index in [9.17, 15) is 0 Å². The maximum atomic E-state index is 6.06. The van der Waals surface area contributed by atoms with Gasteiger partial charge in [-0.25, -0.2) is 9.97 Å². The van der Waals surface area contributed by atoms with Gasteiger partial charge in [0.05, 0.1) is 11.6 Å². The van der Waals surface area contributed by atoms with Crippen LogP contribution in [0.4, 0.5) is 5.82 Å². The average Bonchev–Trinajstić information content (AvgIpc) is 2.85. The van der Waals surface area contributed by atoms with Crippen LogP contribution in [0.2, 0.25) is 0 Å². The average molecular weight is 273 g/mol. The van der Waals surface area contributed by atoms with Crippen molar-refractivity contribution in [3.8, 4) is 0 Å². The van der Waals surface area contributed by atoms with Crippen LogP contribution in [0.15, 0.2) is 12.4 Å². The Bertz CT molecular complexity index is 756. The Balaban J connectivity index is 2.06. The highest BCUT2D eigenvalue weighted by molar-refractivity contribution is 7.18. The van der Waals surface area contributed by atoms with Crippen LogP contribution in [0.1, 0.15) is 21.8 Å². The molecule has 3 aromatic rings. The Morgan fingerprint density at radius 2 is 2.05 bits per heavy atom. The first-order valence-electron chi connectivity index (χ1n) is 6.05. The summed E-state index contributed by atoms with van der Waals surface area (Å²) in [6, 6.07) is 0. The van der Waals surface area contributed by atoms with Crippen molar-refractivity contribution in [2.75, 3.05) is 5.73 Å². The number of aromatic nitrogens is 4. The fourth-order valence-corrected chi connectivity index (χ4v) is 3.15. The first-order chi connectivity index (χ1) is 9.04. The van der Waals surface area contributed by atoms with E-state index in [1.165, 1.54) is 10.4 Å². The molecule has 0 aromatic carbocycles. The molecule has 6 heteroatoms. The van der Waals surface area contributed by atoms with E-state index in [1.54, 1.807) is 11.3 Å². The zero-order valence-corrected chi connectivity index (χ0v) is 12.0. The second kappa shape index (κ2) is 4.31. The predicted octanol–water partition coefficient (Wildman–Crippen LogP) is 2.44. The van der Waals surface area contributed by atoms with E-state index in [2.05, 4.69) is 28.9 Å². The van der Waals surface area contributed by atoms with E-state index in [-0.39, 0.29) is 0 Å². The number of fused-ring (bicyclic) bond motifs is 1. The molecule has 0 radical (unpaired) electrons. The van der Waals surface area contributed by atoms with Crippen LogP contribution >= 0.6 is 11.3 Å². The molecule has 0 saturated heterocycles. The first kappa shape index (κ1) is 12.1. The number of hydrogen-bond acceptors (Lipinski definition) is 5. The SMILES string of the molecule is Cc1cnn(Cc2nc(N)c3c(C)c(C)sc3n2)c1. The topological polar surface area (TPSA) is 69.6 Å². The largest absolute Gasteiger partial charge is 0.383 e. The minimum absolute atomic E-state index is 0.546. The molecule has 0 saturated carbocycles. The lowest BCUT2D eigenvalue weighted by molar-refractivity contribution is 0.659. The number of nitrogens with two attached hydrogens (primary N) is 1. The van der Waals surface area contributed by atoms with Gasteiger partial charge in [-0.15, -0.1) is 11.3 Å². The van der Waals surface area contributed by atoms with Gasteiger partial charge in [-0.3, -0.25) is 4.68 Å². The number of nitrogens with zero attached hydrogens (tertiary/aromatic N) is 4. The molecule has 3 heterocycles. The highest BCUT2D eigenvalue weighted by Crippen LogP contribution is 2.31. The Morgan fingerprint density at radius 1 is 1.26 bits per heavy atom. The molecule has 3 aromatic heterocycles. The van der Waals surface area contributed by atoms with Crippen LogP contribution in [0.5, 0.6) is 0 Å². The molecule has 2 N–H and O–H groups in total. The molecule has 0 aliphatic rings. The van der Waals surface area contributed by atoms with Crippen molar-refractivity contribution in [1.29, 1.82) is 0 Å². The Hall–Kier alpha value is -1.95. The molecule has 0 fully saturated rings. The summed E-state index contributed by atoms with van der Waals surface area (Å²) in [4.78, 5) is 11.2. The van der Waals surface area contributed by atoms with Crippen molar-refractivity contribution in [1.82, 2.24) is 19.7 Å². The van der Waals surface area contributed by atoms with Gasteiger partial charge in [-0.05, 0) is 31.9 Å². The Labute approximate surface area is 115 Å². The van der Waals surface area contributed by atoms with Gasteiger partial charge >= 0.3 is 0 Å². The van der Waals surface area contributed by atoms with E-state index in [0.29, 0.717) is 18.2 Å². The van der Waals surface area contributed by atoms with Gasteiger partial charge < -0.3 is 5.73 Å². The normalized spacial score (nSPS) is 11.3. The van der Waals surface area contributed by atoms with Crippen LogP contribution in [-0.2, 0) is 6.54 Å². The summed E-state index contributed by atoms with van der Waals surface area (Å²) < 4.78 is 1.82. The molecular formula is C13H15N5S. The molecule has 5 nitrogen and oxygen atoms in total. The second-order valence-corrected chi connectivity index (χ2v) is 5.91. The van der Waals surface area contributed by atoms with Crippen molar-refractivity contribution in [3.63, 3.8) is 0 Å². The number of thiophene rings is 1. The van der Waals surface area contributed by atoms with Crippen LogP contribution in [0.25, 0.3) is 10.2 Å². The molecule has 0 amide bonds. The van der Waals surface area contributed by atoms with Crippen molar-refractivity contribution in [3.05, 3.63) is 34.2 Å². The second-order valence-electron chi connectivity index (χ2n) is 4.70. The highest BCUT2D eigenvalue weighted by Gasteiger charge is 2.12. The number of rotatable bonds is 2. The van der Waals surface area contributed by atoms with Crippen molar-refractivity contribution in [2.45, 2.75) is 27.3 Å². The predicted molar refractivity (Wildman–Crippen MR) is 77.4 cm³/mol. The van der Waals surface area contributed by atoms with E-state index in [4.69, 9.17) is 5.73 Å². The van der Waals surface area contributed by atoms with Crippen LogP contribution in [-0.4, -0.2) is 19.7 Å². The molecule has 0 aliphatic heterocycles. The summed E-state index contributed by atoms with van der Waals surface area (Å²) in [7, 11) is 0. The molecule has 19 heavy (non-hydrogen) atoms. The van der Waals surface area contributed by atoms with E-state index < -0.39 is 0 Å². The van der Waals surface area contributed by atoms with Gasteiger partial charge in [-0.1, -0.05) is 0 Å². The quantitative estimate of drug-likeness (QED) is 0.778. The fraction of sp³-hybridized carbons (Fsp3) is 0.308. The van der Waals surface area contributed by atoms with Gasteiger partial charge in [0.2, 0.25) is 0 Å². The minimum atomic E-state index is 0.546. The Kier molecular flexibility index (Phi) is 2.74. The van der Waals surface area contributed by atoms with E-state index in [0.717, 1.165) is 15.8 Å². The first-order valence-corrected chi connectivity index (χ1v) is 6.87. The standard InChI is InChI=1S/C13H15N5S/c1-7-4-15-18(5-7)6-10-16-12(14)11-8(2)9(3)19-13(11)17-10/h4-5H,6H2,1-3H3,(H2,14,16,17). The number of nitrogen functional groups attached to an aromatic ring is 1. The van der Waals surface area contributed by atoms with Gasteiger partial charge in [-0.2, -0.15) is 5.10 Å². The molecular weight excluding hydrogens is 258 g/mol. The zero-order chi connectivity index (χ0) is 13.6. The van der Waals surface area contributed by atoms with E-state index in [1.807, 2.05) is 24.0 Å². The van der Waals surface area contributed by atoms with Crippen LogP contribution < -0.4 is 5.73 Å². The maximum absolute atomic E-state index is 6.06. The lowest BCUT2D eigenvalue weighted by atomic mass is 10.2. The molecule has 3 rings (SSSR count). The summed E-state index contributed by atoms with van der Waals surface area (Å²) in [5.74, 6) is 1.26. The third kappa shape index (κ3) is 2.08. The summed E-state index contributed by atoms with van der Waals surface area (Å²) >= 11 is 1.66. The monoisotopic (exact) mass is 273 g/mol. The third-order valence-electron chi connectivity index (χ3n) is 3.17. The molecule has 98 valence electrons. The molecule has 0 atom stereocenters. The Morgan fingerprint density at radius 3 is 2.74 bits per heavy atom. The highest BCUT2D eigenvalue weighted by atomic mass is 32.1. The third-order valence-corrected chi connectivity index (χ3v) is 4.27. The lowest BCUT2D eigenvalue weighted by Crippen LogP contribution is -2.06. The van der Waals surface area contributed by atoms with Gasteiger partial charge in [0.1, 0.15) is 17.2 Å². The summed E-state index contributed by atoms with van der Waals surface area (Å²) in [6.07, 6.45) is 3.79. The molecule has 0 spiro atoms. The molecule has 0 bridgehead atoms. The summed E-state index contributed by atoms with van der Waals surface area (Å²) in [6.45, 7) is 6.69. The number of anilines is 1. The van der Waals surface area contributed by atoms with Gasteiger partial charge in [0, 0.05) is 11.1 Å². The number of hydrogen-bond donors (Lipinski definition) is 1. The maximum Gasteiger partial charge on any atom is 0.153 e. The van der Waals surface area contributed by atoms with Crippen molar-refractivity contribution < 1.29 is 0 Å². The summed E-state index contributed by atoms with van der Waals surface area (Å²) in [5.41, 5.74) is 8.36. The zero-order valence-electron chi connectivity index (χ0n) is 11.1. The van der Waals surface area contributed by atoms with Crippen molar-refractivity contribution >= 4 is 27.4 Å². The van der Waals surface area contributed by atoms with Gasteiger partial charge in [0.15, 0.2) is 5.82 Å².